The Hall–Kier alpha value is -0.720. The van der Waals surface area contributed by atoms with E-state index in [1.807, 2.05) is 0 Å². The van der Waals surface area contributed by atoms with E-state index in [0.29, 0.717) is 11.0 Å². The SMILES string of the molecule is Cc1nnc(SCCC(F)(F)F)n1C. The van der Waals surface area contributed by atoms with Gasteiger partial charge in [0.05, 0.1) is 6.42 Å². The molecule has 0 fully saturated rings. The fraction of sp³-hybridized carbons (Fsp3) is 0.714. The second-order valence-corrected chi connectivity index (χ2v) is 3.86. The lowest BCUT2D eigenvalue weighted by atomic mass is 10.5. The van der Waals surface area contributed by atoms with Crippen LogP contribution >= 0.6 is 11.8 Å². The predicted octanol–water partition coefficient (Wildman–Crippen LogP) is 2.17. The lowest BCUT2D eigenvalue weighted by Gasteiger charge is -2.04. The largest absolute Gasteiger partial charge is 0.389 e. The van der Waals surface area contributed by atoms with Crippen LogP contribution in [0.3, 0.4) is 0 Å². The molecule has 1 aromatic heterocycles. The molecule has 0 unspecified atom stereocenters. The van der Waals surface area contributed by atoms with E-state index in [1.165, 1.54) is 0 Å². The van der Waals surface area contributed by atoms with Gasteiger partial charge in [-0.3, -0.25) is 0 Å². The van der Waals surface area contributed by atoms with E-state index < -0.39 is 12.6 Å². The van der Waals surface area contributed by atoms with Crippen LogP contribution in [0, 0.1) is 6.92 Å². The third-order valence-electron chi connectivity index (χ3n) is 1.67. The van der Waals surface area contributed by atoms with E-state index >= 15 is 0 Å². The molecule has 0 saturated heterocycles. The van der Waals surface area contributed by atoms with Crippen molar-refractivity contribution in [1.29, 1.82) is 0 Å². The Morgan fingerprint density at radius 2 is 2.00 bits per heavy atom. The number of hydrogen-bond donors (Lipinski definition) is 0. The maximum Gasteiger partial charge on any atom is 0.389 e. The van der Waals surface area contributed by atoms with Crippen molar-refractivity contribution in [2.75, 3.05) is 5.75 Å². The molecule has 1 aromatic rings. The number of thioether (sulfide) groups is 1. The lowest BCUT2D eigenvalue weighted by molar-refractivity contribution is -0.129. The molecule has 0 N–H and O–H groups in total. The van der Waals surface area contributed by atoms with Crippen LogP contribution in [0.2, 0.25) is 0 Å². The van der Waals surface area contributed by atoms with E-state index in [4.69, 9.17) is 0 Å². The Labute approximate surface area is 83.7 Å². The van der Waals surface area contributed by atoms with Gasteiger partial charge in [0.2, 0.25) is 0 Å². The van der Waals surface area contributed by atoms with Crippen LogP contribution in [0.25, 0.3) is 0 Å². The molecule has 0 radical (unpaired) electrons. The molecule has 80 valence electrons. The molecule has 14 heavy (non-hydrogen) atoms. The van der Waals surface area contributed by atoms with Gasteiger partial charge < -0.3 is 4.57 Å². The molecule has 0 saturated carbocycles. The second-order valence-electron chi connectivity index (χ2n) is 2.80. The molecular formula is C7H10F3N3S. The zero-order valence-electron chi connectivity index (χ0n) is 7.80. The first-order valence-electron chi connectivity index (χ1n) is 3.95. The summed E-state index contributed by atoms with van der Waals surface area (Å²) in [5, 5.41) is 8.01. The number of rotatable bonds is 3. The minimum absolute atomic E-state index is 0.0184. The normalized spacial score (nSPS) is 12.1. The van der Waals surface area contributed by atoms with Gasteiger partial charge in [-0.25, -0.2) is 0 Å². The van der Waals surface area contributed by atoms with Crippen molar-refractivity contribution in [1.82, 2.24) is 14.8 Å². The number of hydrogen-bond acceptors (Lipinski definition) is 3. The highest BCUT2D eigenvalue weighted by molar-refractivity contribution is 7.99. The van der Waals surface area contributed by atoms with Crippen molar-refractivity contribution >= 4 is 11.8 Å². The number of halogens is 3. The van der Waals surface area contributed by atoms with Crippen molar-refractivity contribution in [3.8, 4) is 0 Å². The molecule has 0 aromatic carbocycles. The number of alkyl halides is 3. The third-order valence-corrected chi connectivity index (χ3v) is 2.69. The number of nitrogens with zero attached hydrogens (tertiary/aromatic N) is 3. The zero-order valence-corrected chi connectivity index (χ0v) is 8.61. The molecule has 7 heteroatoms. The Bertz CT molecular complexity index is 308. The second kappa shape index (κ2) is 4.20. The van der Waals surface area contributed by atoms with Gasteiger partial charge in [-0.2, -0.15) is 13.2 Å². The Morgan fingerprint density at radius 1 is 1.36 bits per heavy atom. The smallest absolute Gasteiger partial charge is 0.309 e. The summed E-state index contributed by atoms with van der Waals surface area (Å²) >= 11 is 1.06. The highest BCUT2D eigenvalue weighted by atomic mass is 32.2. The standard InChI is InChI=1S/C7H10F3N3S/c1-5-11-12-6(13(5)2)14-4-3-7(8,9)10/h3-4H2,1-2H3. The quantitative estimate of drug-likeness (QED) is 0.738. The Morgan fingerprint density at radius 3 is 2.43 bits per heavy atom. The summed E-state index contributed by atoms with van der Waals surface area (Å²) in [6.07, 6.45) is -4.90. The highest BCUT2D eigenvalue weighted by Crippen LogP contribution is 2.24. The summed E-state index contributed by atoms with van der Waals surface area (Å²) in [5.41, 5.74) is 0. The topological polar surface area (TPSA) is 30.7 Å². The van der Waals surface area contributed by atoms with Gasteiger partial charge >= 0.3 is 6.18 Å². The van der Waals surface area contributed by atoms with Crippen LogP contribution < -0.4 is 0 Å². The summed E-state index contributed by atoms with van der Waals surface area (Å²) in [5.74, 6) is 0.676. The lowest BCUT2D eigenvalue weighted by Crippen LogP contribution is -2.08. The number of aromatic nitrogens is 3. The molecule has 1 heterocycles. The average molecular weight is 225 g/mol. The molecule has 0 aliphatic carbocycles. The molecule has 0 aliphatic heterocycles. The van der Waals surface area contributed by atoms with E-state index in [1.54, 1.807) is 18.5 Å². The van der Waals surface area contributed by atoms with Crippen molar-refractivity contribution < 1.29 is 13.2 Å². The molecule has 1 rings (SSSR count). The number of aryl methyl sites for hydroxylation is 1. The van der Waals surface area contributed by atoms with Crippen LogP contribution in [0.5, 0.6) is 0 Å². The fourth-order valence-corrected chi connectivity index (χ4v) is 1.71. The van der Waals surface area contributed by atoms with Gasteiger partial charge in [0.15, 0.2) is 5.16 Å². The molecule has 3 nitrogen and oxygen atoms in total. The summed E-state index contributed by atoms with van der Waals surface area (Å²) in [6.45, 7) is 1.75. The van der Waals surface area contributed by atoms with E-state index in [0.717, 1.165) is 11.8 Å². The van der Waals surface area contributed by atoms with Crippen LogP contribution in [0.15, 0.2) is 5.16 Å². The maximum absolute atomic E-state index is 11.8. The zero-order chi connectivity index (χ0) is 10.8. The molecule has 0 atom stereocenters. The van der Waals surface area contributed by atoms with Crippen molar-refractivity contribution in [2.24, 2.45) is 7.05 Å². The molecule has 0 bridgehead atoms. The van der Waals surface area contributed by atoms with Crippen molar-refractivity contribution in [2.45, 2.75) is 24.7 Å². The van der Waals surface area contributed by atoms with E-state index in [2.05, 4.69) is 10.2 Å². The van der Waals surface area contributed by atoms with Crippen LogP contribution in [0.1, 0.15) is 12.2 Å². The first-order valence-corrected chi connectivity index (χ1v) is 4.94. The third kappa shape index (κ3) is 3.21. The first-order chi connectivity index (χ1) is 6.40. The van der Waals surface area contributed by atoms with E-state index in [-0.39, 0.29) is 5.75 Å². The Kier molecular flexibility index (Phi) is 3.41. The first kappa shape index (κ1) is 11.4. The minimum atomic E-state index is -4.10. The summed E-state index contributed by atoms with van der Waals surface area (Å²) in [6, 6.07) is 0. The average Bonchev–Trinajstić information content (AvgIpc) is 2.33. The van der Waals surface area contributed by atoms with Crippen LogP contribution in [-0.2, 0) is 7.05 Å². The van der Waals surface area contributed by atoms with Gasteiger partial charge in [0, 0.05) is 12.8 Å². The van der Waals surface area contributed by atoms with Crippen LogP contribution in [0.4, 0.5) is 13.2 Å². The summed E-state index contributed by atoms with van der Waals surface area (Å²) < 4.78 is 37.1. The molecule has 0 aliphatic rings. The predicted molar refractivity (Wildman–Crippen MR) is 47.1 cm³/mol. The van der Waals surface area contributed by atoms with Gasteiger partial charge in [0.25, 0.3) is 0 Å². The molecule has 0 amide bonds. The van der Waals surface area contributed by atoms with Gasteiger partial charge in [-0.1, -0.05) is 11.8 Å². The van der Waals surface area contributed by atoms with Gasteiger partial charge in [-0.15, -0.1) is 10.2 Å². The molecule has 0 spiro atoms. The van der Waals surface area contributed by atoms with Gasteiger partial charge in [-0.05, 0) is 6.92 Å². The maximum atomic E-state index is 11.8. The minimum Gasteiger partial charge on any atom is -0.309 e. The van der Waals surface area contributed by atoms with Crippen molar-refractivity contribution in [3.05, 3.63) is 5.82 Å². The van der Waals surface area contributed by atoms with Gasteiger partial charge in [0.1, 0.15) is 5.82 Å². The molecular weight excluding hydrogens is 215 g/mol. The summed E-state index contributed by atoms with van der Waals surface area (Å²) in [7, 11) is 1.73. The van der Waals surface area contributed by atoms with Crippen molar-refractivity contribution in [3.63, 3.8) is 0 Å². The Balaban J connectivity index is 2.43. The monoisotopic (exact) mass is 225 g/mol. The van der Waals surface area contributed by atoms with E-state index in [9.17, 15) is 13.2 Å². The summed E-state index contributed by atoms with van der Waals surface area (Å²) in [4.78, 5) is 0. The fourth-order valence-electron chi connectivity index (χ4n) is 0.771. The van der Waals surface area contributed by atoms with Crippen LogP contribution in [-0.4, -0.2) is 26.7 Å². The highest BCUT2D eigenvalue weighted by Gasteiger charge is 2.26.